The second-order valence-electron chi connectivity index (χ2n) is 5.73. The van der Waals surface area contributed by atoms with Crippen molar-refractivity contribution in [3.63, 3.8) is 0 Å². The fourth-order valence-electron chi connectivity index (χ4n) is 2.14. The monoisotopic (exact) mass is 324 g/mol. The Bertz CT molecular complexity index is 742. The predicted molar refractivity (Wildman–Crippen MR) is 93.5 cm³/mol. The Morgan fingerprint density at radius 3 is 2.46 bits per heavy atom. The van der Waals surface area contributed by atoms with Gasteiger partial charge in [0.1, 0.15) is 5.75 Å². The van der Waals surface area contributed by atoms with Crippen LogP contribution in [0, 0.1) is 0 Å². The van der Waals surface area contributed by atoms with Crippen LogP contribution in [0.5, 0.6) is 5.75 Å². The summed E-state index contributed by atoms with van der Waals surface area (Å²) in [6.07, 6.45) is 3.26. The Morgan fingerprint density at radius 1 is 1.12 bits per heavy atom. The minimum Gasteiger partial charge on any atom is -0.482 e. The lowest BCUT2D eigenvalue weighted by Crippen LogP contribution is -2.09. The van der Waals surface area contributed by atoms with E-state index >= 15 is 0 Å². The van der Waals surface area contributed by atoms with Crippen molar-refractivity contribution < 1.29 is 19.4 Å². The molecule has 2 aromatic carbocycles. The smallest absolute Gasteiger partial charge is 0.341 e. The molecule has 0 aliphatic carbocycles. The van der Waals surface area contributed by atoms with Gasteiger partial charge in [-0.05, 0) is 35.3 Å². The molecule has 0 saturated heterocycles. The number of aliphatic carboxylic acids is 1. The van der Waals surface area contributed by atoms with E-state index in [-0.39, 0.29) is 5.78 Å². The van der Waals surface area contributed by atoms with Gasteiger partial charge in [-0.15, -0.1) is 0 Å². The number of benzene rings is 2. The van der Waals surface area contributed by atoms with Crippen molar-refractivity contribution in [3.05, 3.63) is 71.3 Å². The van der Waals surface area contributed by atoms with Crippen molar-refractivity contribution in [2.24, 2.45) is 0 Å². The van der Waals surface area contributed by atoms with Crippen LogP contribution in [0.15, 0.2) is 54.6 Å². The average molecular weight is 324 g/mol. The molecule has 4 heteroatoms. The average Bonchev–Trinajstić information content (AvgIpc) is 2.58. The summed E-state index contributed by atoms with van der Waals surface area (Å²) in [6, 6.07) is 14.5. The number of carboxylic acid groups (broad SMARTS) is 1. The highest BCUT2D eigenvalue weighted by Crippen LogP contribution is 2.17. The van der Waals surface area contributed by atoms with E-state index in [1.165, 1.54) is 17.7 Å². The molecule has 0 aromatic heterocycles. The van der Waals surface area contributed by atoms with E-state index in [9.17, 15) is 9.59 Å². The molecule has 4 nitrogen and oxygen atoms in total. The molecule has 0 saturated carbocycles. The molecule has 0 amide bonds. The van der Waals surface area contributed by atoms with Gasteiger partial charge in [0, 0.05) is 5.56 Å². The Labute approximate surface area is 141 Å². The Balaban J connectivity index is 2.05. The molecule has 0 aliphatic heterocycles. The van der Waals surface area contributed by atoms with E-state index in [4.69, 9.17) is 9.84 Å². The van der Waals surface area contributed by atoms with Gasteiger partial charge in [0.05, 0.1) is 0 Å². The fraction of sp³-hybridized carbons (Fsp3) is 0.200. The van der Waals surface area contributed by atoms with Gasteiger partial charge in [0.2, 0.25) is 0 Å². The Kier molecular flexibility index (Phi) is 5.90. The summed E-state index contributed by atoms with van der Waals surface area (Å²) in [7, 11) is 0. The van der Waals surface area contributed by atoms with E-state index in [1.54, 1.807) is 24.3 Å². The normalized spacial score (nSPS) is 11.0. The van der Waals surface area contributed by atoms with Gasteiger partial charge < -0.3 is 9.84 Å². The summed E-state index contributed by atoms with van der Waals surface area (Å²) in [5.74, 6) is -0.392. The van der Waals surface area contributed by atoms with E-state index in [1.807, 2.05) is 12.1 Å². The zero-order valence-electron chi connectivity index (χ0n) is 13.7. The number of hydrogen-bond donors (Lipinski definition) is 1. The van der Waals surface area contributed by atoms with Crippen molar-refractivity contribution in [3.8, 4) is 5.75 Å². The van der Waals surface area contributed by atoms with Gasteiger partial charge in [0.25, 0.3) is 0 Å². The molecule has 24 heavy (non-hydrogen) atoms. The zero-order chi connectivity index (χ0) is 17.5. The largest absolute Gasteiger partial charge is 0.482 e. The van der Waals surface area contributed by atoms with Crippen molar-refractivity contribution in [1.82, 2.24) is 0 Å². The van der Waals surface area contributed by atoms with Gasteiger partial charge in [-0.25, -0.2) is 4.79 Å². The van der Waals surface area contributed by atoms with Gasteiger partial charge in [-0.2, -0.15) is 0 Å². The number of carbonyl (C=O) groups is 2. The molecule has 0 bridgehead atoms. The third-order valence-corrected chi connectivity index (χ3v) is 3.51. The van der Waals surface area contributed by atoms with Crippen LogP contribution in [0.3, 0.4) is 0 Å². The number of carbonyl (C=O) groups excluding carboxylic acids is 1. The highest BCUT2D eigenvalue weighted by atomic mass is 16.5. The summed E-state index contributed by atoms with van der Waals surface area (Å²) >= 11 is 0. The summed E-state index contributed by atoms with van der Waals surface area (Å²) in [5, 5.41) is 8.61. The van der Waals surface area contributed by atoms with Crippen molar-refractivity contribution in [2.75, 3.05) is 6.61 Å². The first-order valence-electron chi connectivity index (χ1n) is 7.73. The molecule has 124 valence electrons. The number of ketones is 1. The summed E-state index contributed by atoms with van der Waals surface area (Å²) in [6.45, 7) is 3.83. The van der Waals surface area contributed by atoms with Crippen LogP contribution < -0.4 is 4.74 Å². The van der Waals surface area contributed by atoms with Crippen LogP contribution in [-0.4, -0.2) is 23.5 Å². The number of carboxylic acids is 1. The van der Waals surface area contributed by atoms with E-state index in [2.05, 4.69) is 26.0 Å². The molecule has 2 aromatic rings. The summed E-state index contributed by atoms with van der Waals surface area (Å²) < 4.78 is 5.08. The van der Waals surface area contributed by atoms with Gasteiger partial charge >= 0.3 is 5.97 Å². The van der Waals surface area contributed by atoms with Crippen LogP contribution >= 0.6 is 0 Å². The maximum Gasteiger partial charge on any atom is 0.341 e. The maximum absolute atomic E-state index is 12.2. The number of rotatable bonds is 7. The highest BCUT2D eigenvalue weighted by molar-refractivity contribution is 6.07. The molecular weight excluding hydrogens is 304 g/mol. The van der Waals surface area contributed by atoms with Crippen LogP contribution in [0.4, 0.5) is 0 Å². The second-order valence-corrected chi connectivity index (χ2v) is 5.73. The van der Waals surface area contributed by atoms with Crippen LogP contribution in [-0.2, 0) is 4.79 Å². The molecule has 0 heterocycles. The minimum absolute atomic E-state index is 0.163. The maximum atomic E-state index is 12.2. The molecule has 0 spiro atoms. The first-order valence-corrected chi connectivity index (χ1v) is 7.73. The van der Waals surface area contributed by atoms with Crippen LogP contribution in [0.2, 0.25) is 0 Å². The van der Waals surface area contributed by atoms with Crippen molar-refractivity contribution in [2.45, 2.75) is 19.8 Å². The lowest BCUT2D eigenvalue weighted by atomic mass is 10.0. The summed E-state index contributed by atoms with van der Waals surface area (Å²) in [5.41, 5.74) is 2.65. The van der Waals surface area contributed by atoms with E-state index < -0.39 is 12.6 Å². The second kappa shape index (κ2) is 8.11. The van der Waals surface area contributed by atoms with Crippen molar-refractivity contribution in [1.29, 1.82) is 0 Å². The topological polar surface area (TPSA) is 63.6 Å². The van der Waals surface area contributed by atoms with E-state index in [0.717, 1.165) is 5.56 Å². The summed E-state index contributed by atoms with van der Waals surface area (Å²) in [4.78, 5) is 22.7. The molecular formula is C20H20O4. The Hall–Kier alpha value is -2.88. The predicted octanol–water partition coefficient (Wildman–Crippen LogP) is 4.17. The number of ether oxygens (including phenoxy) is 1. The van der Waals surface area contributed by atoms with Gasteiger partial charge in [-0.1, -0.05) is 56.3 Å². The van der Waals surface area contributed by atoms with Crippen LogP contribution in [0.25, 0.3) is 6.08 Å². The molecule has 0 radical (unpaired) electrons. The van der Waals surface area contributed by atoms with Gasteiger partial charge in [-0.3, -0.25) is 4.79 Å². The molecule has 2 rings (SSSR count). The number of allylic oxidation sites excluding steroid dienone is 1. The fourth-order valence-corrected chi connectivity index (χ4v) is 2.14. The zero-order valence-corrected chi connectivity index (χ0v) is 13.7. The molecule has 1 N–H and O–H groups in total. The van der Waals surface area contributed by atoms with E-state index in [0.29, 0.717) is 17.2 Å². The first kappa shape index (κ1) is 17.5. The van der Waals surface area contributed by atoms with Gasteiger partial charge in [0.15, 0.2) is 12.4 Å². The highest BCUT2D eigenvalue weighted by Gasteiger charge is 2.05. The number of hydrogen-bond acceptors (Lipinski definition) is 3. The van der Waals surface area contributed by atoms with Crippen molar-refractivity contribution >= 4 is 17.8 Å². The molecule has 0 atom stereocenters. The molecule has 0 fully saturated rings. The molecule has 0 unspecified atom stereocenters. The lowest BCUT2D eigenvalue weighted by Gasteiger charge is -2.05. The minimum atomic E-state index is -1.06. The molecule has 0 aliphatic rings. The standard InChI is InChI=1S/C20H20O4/c1-14(2)16-9-6-15(7-10-16)8-11-19(21)17-4-3-5-18(12-17)24-13-20(22)23/h3-12,14H,13H2,1-2H3,(H,22,23)/b11-8+. The Morgan fingerprint density at radius 2 is 1.83 bits per heavy atom. The third kappa shape index (κ3) is 5.09. The lowest BCUT2D eigenvalue weighted by molar-refractivity contribution is -0.139. The SMILES string of the molecule is CC(C)c1ccc(/C=C/C(=O)c2cccc(OCC(=O)O)c2)cc1. The quantitative estimate of drug-likeness (QED) is 0.613. The van der Waals surface area contributed by atoms with Crippen LogP contribution in [0.1, 0.15) is 41.3 Å². The third-order valence-electron chi connectivity index (χ3n) is 3.51. The first-order chi connectivity index (χ1) is 11.5.